The monoisotopic (exact) mass is 195 g/mol. The molecule has 1 aliphatic rings. The Morgan fingerprint density at radius 1 is 1.64 bits per heavy atom. The number of nitrogen functional groups attached to an aromatic ring is 1. The number of anilines is 1. The van der Waals surface area contributed by atoms with Gasteiger partial charge in [0.05, 0.1) is 5.69 Å². The maximum atomic E-state index is 10.8. The molecule has 2 heterocycles. The maximum absolute atomic E-state index is 10.8. The van der Waals surface area contributed by atoms with E-state index in [2.05, 4.69) is 9.88 Å². The Labute approximate surface area is 81.5 Å². The van der Waals surface area contributed by atoms with E-state index in [1.165, 1.54) is 0 Å². The van der Waals surface area contributed by atoms with Crippen LogP contribution in [0.4, 0.5) is 5.69 Å². The molecular weight excluding hydrogens is 182 g/mol. The summed E-state index contributed by atoms with van der Waals surface area (Å²) in [6, 6.07) is 0. The van der Waals surface area contributed by atoms with Gasteiger partial charge in [0.15, 0.2) is 0 Å². The summed E-state index contributed by atoms with van der Waals surface area (Å²) in [7, 11) is 2.00. The largest absolute Gasteiger partial charge is 0.477 e. The predicted octanol–water partition coefficient (Wildman–Crippen LogP) is 0.283. The van der Waals surface area contributed by atoms with Crippen LogP contribution in [-0.2, 0) is 13.0 Å². The number of carboxylic acids is 1. The number of carbonyl (C=O) groups is 1. The fourth-order valence-electron chi connectivity index (χ4n) is 1.82. The lowest BCUT2D eigenvalue weighted by Crippen LogP contribution is -2.26. The average Bonchev–Trinajstić information content (AvgIpc) is 2.44. The van der Waals surface area contributed by atoms with Crippen molar-refractivity contribution in [3.05, 3.63) is 17.0 Å². The van der Waals surface area contributed by atoms with Crippen molar-refractivity contribution in [2.24, 2.45) is 0 Å². The SMILES string of the molecule is CN1CCc2[nH]c(C(=O)O)c(N)c2C1. The number of rotatable bonds is 1. The Morgan fingerprint density at radius 3 is 3.00 bits per heavy atom. The van der Waals surface area contributed by atoms with Gasteiger partial charge in [0, 0.05) is 30.8 Å². The van der Waals surface area contributed by atoms with E-state index in [1.807, 2.05) is 7.05 Å². The van der Waals surface area contributed by atoms with Crippen LogP contribution in [-0.4, -0.2) is 34.6 Å². The van der Waals surface area contributed by atoms with Crippen LogP contribution in [0.5, 0.6) is 0 Å². The summed E-state index contributed by atoms with van der Waals surface area (Å²) in [5.74, 6) is -0.987. The molecule has 1 aromatic rings. The first-order valence-electron chi connectivity index (χ1n) is 4.50. The minimum absolute atomic E-state index is 0.130. The highest BCUT2D eigenvalue weighted by atomic mass is 16.4. The molecule has 76 valence electrons. The second-order valence-corrected chi connectivity index (χ2v) is 3.66. The number of aromatic nitrogens is 1. The number of nitrogens with zero attached hydrogens (tertiary/aromatic N) is 1. The number of hydrogen-bond acceptors (Lipinski definition) is 3. The summed E-state index contributed by atoms with van der Waals surface area (Å²) < 4.78 is 0. The van der Waals surface area contributed by atoms with Crippen molar-refractivity contribution >= 4 is 11.7 Å². The summed E-state index contributed by atoms with van der Waals surface area (Å²) in [6.45, 7) is 1.66. The van der Waals surface area contributed by atoms with E-state index in [-0.39, 0.29) is 5.69 Å². The molecule has 0 saturated carbocycles. The van der Waals surface area contributed by atoms with Crippen LogP contribution in [0, 0.1) is 0 Å². The quantitative estimate of drug-likeness (QED) is 0.601. The predicted molar refractivity (Wildman–Crippen MR) is 52.2 cm³/mol. The van der Waals surface area contributed by atoms with Crippen LogP contribution >= 0.6 is 0 Å². The van der Waals surface area contributed by atoms with E-state index in [0.717, 1.165) is 30.8 Å². The molecule has 0 amide bonds. The van der Waals surface area contributed by atoms with Crippen molar-refractivity contribution in [3.63, 3.8) is 0 Å². The molecule has 0 spiro atoms. The fourth-order valence-corrected chi connectivity index (χ4v) is 1.82. The van der Waals surface area contributed by atoms with Crippen molar-refractivity contribution in [1.82, 2.24) is 9.88 Å². The number of H-pyrrole nitrogens is 1. The third-order valence-electron chi connectivity index (χ3n) is 2.62. The van der Waals surface area contributed by atoms with Crippen LogP contribution in [0.1, 0.15) is 21.7 Å². The highest BCUT2D eigenvalue weighted by Crippen LogP contribution is 2.26. The smallest absolute Gasteiger partial charge is 0.354 e. The maximum Gasteiger partial charge on any atom is 0.354 e. The molecule has 1 aliphatic heterocycles. The molecular formula is C9H13N3O2. The lowest BCUT2D eigenvalue weighted by molar-refractivity contribution is 0.0692. The van der Waals surface area contributed by atoms with Gasteiger partial charge in [-0.2, -0.15) is 0 Å². The van der Waals surface area contributed by atoms with Gasteiger partial charge in [0.25, 0.3) is 0 Å². The summed E-state index contributed by atoms with van der Waals surface area (Å²) in [4.78, 5) is 15.8. The van der Waals surface area contributed by atoms with E-state index in [0.29, 0.717) is 5.69 Å². The molecule has 0 unspecified atom stereocenters. The van der Waals surface area contributed by atoms with Crippen LogP contribution in [0.3, 0.4) is 0 Å². The number of likely N-dealkylation sites (N-methyl/N-ethyl adjacent to an activating group) is 1. The standard InChI is InChI=1S/C9H13N3O2/c1-12-3-2-6-5(4-12)7(10)8(11-6)9(13)14/h11H,2-4,10H2,1H3,(H,13,14). The Morgan fingerprint density at radius 2 is 2.36 bits per heavy atom. The molecule has 0 aromatic carbocycles. The molecule has 5 heteroatoms. The van der Waals surface area contributed by atoms with Gasteiger partial charge in [-0.3, -0.25) is 0 Å². The highest BCUT2D eigenvalue weighted by Gasteiger charge is 2.23. The second-order valence-electron chi connectivity index (χ2n) is 3.66. The van der Waals surface area contributed by atoms with Gasteiger partial charge in [0.1, 0.15) is 5.69 Å². The molecule has 0 bridgehead atoms. The minimum atomic E-state index is -0.987. The molecule has 2 rings (SSSR count). The molecule has 0 atom stereocenters. The number of nitrogens with two attached hydrogens (primary N) is 1. The first kappa shape index (κ1) is 9.08. The van der Waals surface area contributed by atoms with Gasteiger partial charge in [-0.05, 0) is 7.05 Å². The van der Waals surface area contributed by atoms with Gasteiger partial charge < -0.3 is 20.7 Å². The highest BCUT2D eigenvalue weighted by molar-refractivity contribution is 5.93. The zero-order chi connectivity index (χ0) is 10.3. The zero-order valence-corrected chi connectivity index (χ0v) is 8.00. The summed E-state index contributed by atoms with van der Waals surface area (Å²) >= 11 is 0. The molecule has 0 aliphatic carbocycles. The summed E-state index contributed by atoms with van der Waals surface area (Å²) in [5.41, 5.74) is 8.18. The topological polar surface area (TPSA) is 82.3 Å². The zero-order valence-electron chi connectivity index (χ0n) is 8.00. The number of carboxylic acid groups (broad SMARTS) is 1. The molecule has 1 aromatic heterocycles. The molecule has 5 nitrogen and oxygen atoms in total. The minimum Gasteiger partial charge on any atom is -0.477 e. The van der Waals surface area contributed by atoms with E-state index in [4.69, 9.17) is 10.8 Å². The third-order valence-corrected chi connectivity index (χ3v) is 2.62. The molecule has 0 radical (unpaired) electrons. The Bertz CT molecular complexity index is 384. The normalized spacial score (nSPS) is 16.6. The number of aromatic amines is 1. The van der Waals surface area contributed by atoms with E-state index in [1.54, 1.807) is 0 Å². The number of nitrogens with one attached hydrogen (secondary N) is 1. The van der Waals surface area contributed by atoms with Crippen molar-refractivity contribution in [1.29, 1.82) is 0 Å². The van der Waals surface area contributed by atoms with Gasteiger partial charge in [-0.25, -0.2) is 4.79 Å². The Balaban J connectivity index is 2.46. The van der Waals surface area contributed by atoms with Crippen LogP contribution in [0.15, 0.2) is 0 Å². The van der Waals surface area contributed by atoms with Crippen molar-refractivity contribution in [3.8, 4) is 0 Å². The molecule has 0 saturated heterocycles. The second kappa shape index (κ2) is 3.02. The first-order valence-corrected chi connectivity index (χ1v) is 4.50. The van der Waals surface area contributed by atoms with E-state index in [9.17, 15) is 4.79 Å². The number of hydrogen-bond donors (Lipinski definition) is 3. The summed E-state index contributed by atoms with van der Waals surface area (Å²) in [6.07, 6.45) is 0.837. The average molecular weight is 195 g/mol. The van der Waals surface area contributed by atoms with Crippen molar-refractivity contribution in [2.75, 3.05) is 19.3 Å². The van der Waals surface area contributed by atoms with Crippen molar-refractivity contribution < 1.29 is 9.90 Å². The van der Waals surface area contributed by atoms with Crippen LogP contribution in [0.2, 0.25) is 0 Å². The lowest BCUT2D eigenvalue weighted by atomic mass is 10.1. The molecule has 4 N–H and O–H groups in total. The van der Waals surface area contributed by atoms with Crippen LogP contribution < -0.4 is 5.73 Å². The Hall–Kier alpha value is -1.49. The first-order chi connectivity index (χ1) is 6.59. The molecule has 14 heavy (non-hydrogen) atoms. The van der Waals surface area contributed by atoms with Crippen molar-refractivity contribution in [2.45, 2.75) is 13.0 Å². The lowest BCUT2D eigenvalue weighted by Gasteiger charge is -2.22. The third kappa shape index (κ3) is 1.26. The summed E-state index contributed by atoms with van der Waals surface area (Å²) in [5, 5.41) is 8.86. The number of fused-ring (bicyclic) bond motifs is 1. The van der Waals surface area contributed by atoms with E-state index >= 15 is 0 Å². The van der Waals surface area contributed by atoms with Gasteiger partial charge in [-0.1, -0.05) is 0 Å². The van der Waals surface area contributed by atoms with Gasteiger partial charge in [0.2, 0.25) is 0 Å². The van der Waals surface area contributed by atoms with Crippen LogP contribution in [0.25, 0.3) is 0 Å². The Kier molecular flexibility index (Phi) is 1.96. The molecule has 0 fully saturated rings. The number of aromatic carboxylic acids is 1. The van der Waals surface area contributed by atoms with E-state index < -0.39 is 5.97 Å². The fraction of sp³-hybridized carbons (Fsp3) is 0.444. The van der Waals surface area contributed by atoms with Gasteiger partial charge in [-0.15, -0.1) is 0 Å². The van der Waals surface area contributed by atoms with Gasteiger partial charge >= 0.3 is 5.97 Å².